The van der Waals surface area contributed by atoms with Crippen LogP contribution in [-0.4, -0.2) is 27.3 Å². The number of rotatable bonds is 7. The lowest BCUT2D eigenvalue weighted by Gasteiger charge is -2.07. The highest BCUT2D eigenvalue weighted by Crippen LogP contribution is 2.26. The Morgan fingerprint density at radius 2 is 1.92 bits per heavy atom. The Morgan fingerprint density at radius 1 is 1.16 bits per heavy atom. The number of hydrogen-bond donors (Lipinski definition) is 1. The van der Waals surface area contributed by atoms with E-state index >= 15 is 0 Å². The summed E-state index contributed by atoms with van der Waals surface area (Å²) >= 11 is 1.51. The van der Waals surface area contributed by atoms with Crippen LogP contribution in [0.5, 0.6) is 0 Å². The van der Waals surface area contributed by atoms with Crippen molar-refractivity contribution >= 4 is 23.4 Å². The Hall–Kier alpha value is -2.64. The summed E-state index contributed by atoms with van der Waals surface area (Å²) in [5.41, 5.74) is 1.77. The first kappa shape index (κ1) is 17.2. The van der Waals surface area contributed by atoms with Gasteiger partial charge in [-0.2, -0.15) is 0 Å². The molecule has 0 spiro atoms. The number of benzene rings is 2. The first-order valence-corrected chi connectivity index (χ1v) is 8.56. The number of aromatic nitrogens is 3. The monoisotopic (exact) mass is 354 g/mol. The minimum Gasteiger partial charge on any atom is -0.367 e. The summed E-state index contributed by atoms with van der Waals surface area (Å²) < 4.78 is 7.28. The number of ether oxygens (including phenoxy) is 1. The molecule has 25 heavy (non-hydrogen) atoms. The molecule has 128 valence electrons. The highest BCUT2D eigenvalue weighted by molar-refractivity contribution is 7.99. The molecule has 3 rings (SSSR count). The second-order valence-corrected chi connectivity index (χ2v) is 6.42. The van der Waals surface area contributed by atoms with Crippen LogP contribution in [0.4, 0.5) is 5.69 Å². The smallest absolute Gasteiger partial charge is 0.250 e. The summed E-state index contributed by atoms with van der Waals surface area (Å²) in [6, 6.07) is 17.3. The average Bonchev–Trinajstić information content (AvgIpc) is 3.02. The molecule has 0 unspecified atom stereocenters. The van der Waals surface area contributed by atoms with E-state index in [0.717, 1.165) is 21.3 Å². The van der Waals surface area contributed by atoms with Gasteiger partial charge in [-0.05, 0) is 41.6 Å². The van der Waals surface area contributed by atoms with E-state index in [1.807, 2.05) is 66.2 Å². The summed E-state index contributed by atoms with van der Waals surface area (Å²) in [6.07, 6.45) is 1.66. The Labute approximate surface area is 150 Å². The fourth-order valence-corrected chi connectivity index (χ4v) is 2.87. The Bertz CT molecular complexity index is 819. The number of amides is 1. The van der Waals surface area contributed by atoms with Gasteiger partial charge in [0.25, 0.3) is 0 Å². The van der Waals surface area contributed by atoms with Gasteiger partial charge in [-0.25, -0.2) is 0 Å². The molecule has 0 fully saturated rings. The van der Waals surface area contributed by atoms with Gasteiger partial charge < -0.3 is 14.6 Å². The third-order valence-corrected chi connectivity index (χ3v) is 4.42. The van der Waals surface area contributed by atoms with E-state index in [0.29, 0.717) is 6.61 Å². The SMILES string of the molecule is Cn1cnnc1Sc1ccc(NC(=O)COCc2ccccc2)cc1. The second kappa shape index (κ2) is 8.46. The number of aryl methyl sites for hydroxylation is 1. The summed E-state index contributed by atoms with van der Waals surface area (Å²) in [5.74, 6) is -0.176. The average molecular weight is 354 g/mol. The van der Waals surface area contributed by atoms with E-state index in [2.05, 4.69) is 15.5 Å². The van der Waals surface area contributed by atoms with Crippen molar-refractivity contribution in [2.75, 3.05) is 11.9 Å². The molecule has 1 heterocycles. The summed E-state index contributed by atoms with van der Waals surface area (Å²) in [4.78, 5) is 12.9. The number of nitrogens with one attached hydrogen (secondary N) is 1. The Balaban J connectivity index is 1.46. The lowest BCUT2D eigenvalue weighted by Crippen LogP contribution is -2.18. The molecular formula is C18H18N4O2S. The lowest BCUT2D eigenvalue weighted by molar-refractivity contribution is -0.121. The van der Waals surface area contributed by atoms with Crippen molar-refractivity contribution in [1.29, 1.82) is 0 Å². The third-order valence-electron chi connectivity index (χ3n) is 3.36. The number of carbonyl (C=O) groups is 1. The normalized spacial score (nSPS) is 10.6. The second-order valence-electron chi connectivity index (χ2n) is 5.38. The van der Waals surface area contributed by atoms with Crippen LogP contribution in [-0.2, 0) is 23.2 Å². The first-order valence-electron chi connectivity index (χ1n) is 7.74. The molecule has 7 heteroatoms. The van der Waals surface area contributed by atoms with Crippen LogP contribution in [0.15, 0.2) is 71.0 Å². The third kappa shape index (κ3) is 5.17. The van der Waals surface area contributed by atoms with Gasteiger partial charge in [0.1, 0.15) is 12.9 Å². The molecule has 0 atom stereocenters. The highest BCUT2D eigenvalue weighted by atomic mass is 32.2. The number of nitrogens with zero attached hydrogens (tertiary/aromatic N) is 3. The van der Waals surface area contributed by atoms with Crippen molar-refractivity contribution in [2.45, 2.75) is 16.7 Å². The molecule has 1 N–H and O–H groups in total. The van der Waals surface area contributed by atoms with Crippen LogP contribution in [0, 0.1) is 0 Å². The van der Waals surface area contributed by atoms with E-state index in [4.69, 9.17) is 4.74 Å². The Kier molecular flexibility index (Phi) is 5.81. The van der Waals surface area contributed by atoms with Gasteiger partial charge in [0, 0.05) is 17.6 Å². The number of anilines is 1. The summed E-state index contributed by atoms with van der Waals surface area (Å²) in [6.45, 7) is 0.436. The minimum absolute atomic E-state index is 0.0182. The maximum Gasteiger partial charge on any atom is 0.250 e. The molecule has 1 aromatic heterocycles. The topological polar surface area (TPSA) is 69.0 Å². The molecule has 3 aromatic rings. The van der Waals surface area contributed by atoms with Crippen molar-refractivity contribution in [3.63, 3.8) is 0 Å². The number of hydrogen-bond acceptors (Lipinski definition) is 5. The molecule has 0 saturated heterocycles. The van der Waals surface area contributed by atoms with Crippen molar-refractivity contribution in [3.05, 3.63) is 66.5 Å². The van der Waals surface area contributed by atoms with Crippen molar-refractivity contribution in [2.24, 2.45) is 7.05 Å². The lowest BCUT2D eigenvalue weighted by atomic mass is 10.2. The predicted molar refractivity (Wildman–Crippen MR) is 96.3 cm³/mol. The molecule has 0 radical (unpaired) electrons. The molecule has 0 aliphatic heterocycles. The van der Waals surface area contributed by atoms with Gasteiger partial charge in [0.15, 0.2) is 5.16 Å². The summed E-state index contributed by atoms with van der Waals surface area (Å²) in [5, 5.41) is 11.5. The van der Waals surface area contributed by atoms with Crippen LogP contribution in [0.1, 0.15) is 5.56 Å². The molecule has 0 aliphatic carbocycles. The zero-order chi connectivity index (χ0) is 17.5. The highest BCUT2D eigenvalue weighted by Gasteiger charge is 2.06. The van der Waals surface area contributed by atoms with Crippen LogP contribution < -0.4 is 5.32 Å². The van der Waals surface area contributed by atoms with E-state index in [1.54, 1.807) is 6.33 Å². The van der Waals surface area contributed by atoms with Gasteiger partial charge >= 0.3 is 0 Å². The maximum atomic E-state index is 11.9. The molecule has 0 saturated carbocycles. The summed E-state index contributed by atoms with van der Waals surface area (Å²) in [7, 11) is 1.90. The van der Waals surface area contributed by atoms with Gasteiger partial charge in [0.2, 0.25) is 5.91 Å². The number of carbonyl (C=O) groups excluding carboxylic acids is 1. The predicted octanol–water partition coefficient (Wildman–Crippen LogP) is 3.12. The van der Waals surface area contributed by atoms with Gasteiger partial charge in [-0.15, -0.1) is 10.2 Å². The maximum absolute atomic E-state index is 11.9. The molecular weight excluding hydrogens is 336 g/mol. The fraction of sp³-hybridized carbons (Fsp3) is 0.167. The van der Waals surface area contributed by atoms with Gasteiger partial charge in [-0.1, -0.05) is 30.3 Å². The van der Waals surface area contributed by atoms with Crippen molar-refractivity contribution in [3.8, 4) is 0 Å². The zero-order valence-electron chi connectivity index (χ0n) is 13.8. The largest absolute Gasteiger partial charge is 0.367 e. The van der Waals surface area contributed by atoms with Crippen LogP contribution in [0.25, 0.3) is 0 Å². The fourth-order valence-electron chi connectivity index (χ4n) is 2.11. The quantitative estimate of drug-likeness (QED) is 0.706. The van der Waals surface area contributed by atoms with Crippen LogP contribution >= 0.6 is 11.8 Å². The molecule has 6 nitrogen and oxygen atoms in total. The minimum atomic E-state index is -0.176. The zero-order valence-corrected chi connectivity index (χ0v) is 14.6. The Morgan fingerprint density at radius 3 is 2.60 bits per heavy atom. The van der Waals surface area contributed by atoms with E-state index < -0.39 is 0 Å². The first-order chi connectivity index (χ1) is 12.2. The molecule has 0 bridgehead atoms. The van der Waals surface area contributed by atoms with E-state index in [9.17, 15) is 4.79 Å². The van der Waals surface area contributed by atoms with Gasteiger partial charge in [0.05, 0.1) is 6.61 Å². The van der Waals surface area contributed by atoms with Crippen molar-refractivity contribution in [1.82, 2.24) is 14.8 Å². The van der Waals surface area contributed by atoms with E-state index in [-0.39, 0.29) is 12.5 Å². The molecule has 0 aliphatic rings. The standard InChI is InChI=1S/C18H18N4O2S/c1-22-13-19-21-18(22)25-16-9-7-15(8-10-16)20-17(23)12-24-11-14-5-3-2-4-6-14/h2-10,13H,11-12H2,1H3,(H,20,23). The molecule has 1 amide bonds. The van der Waals surface area contributed by atoms with Crippen LogP contribution in [0.2, 0.25) is 0 Å². The molecule has 2 aromatic carbocycles. The van der Waals surface area contributed by atoms with E-state index in [1.165, 1.54) is 11.8 Å². The van der Waals surface area contributed by atoms with Gasteiger partial charge in [-0.3, -0.25) is 4.79 Å². The van der Waals surface area contributed by atoms with Crippen molar-refractivity contribution < 1.29 is 9.53 Å². The van der Waals surface area contributed by atoms with Crippen LogP contribution in [0.3, 0.4) is 0 Å².